The summed E-state index contributed by atoms with van der Waals surface area (Å²) in [6.07, 6.45) is 0. The van der Waals surface area contributed by atoms with Gasteiger partial charge in [-0.1, -0.05) is 24.3 Å². The van der Waals surface area contributed by atoms with E-state index in [2.05, 4.69) is 26.6 Å². The number of hydrogen-bond donors (Lipinski definition) is 2. The minimum Gasteiger partial charge on any atom is -0.481 e. The number of nitrogens with one attached hydrogen (secondary N) is 2. The minimum atomic E-state index is -0.549. The van der Waals surface area contributed by atoms with Crippen LogP contribution >= 0.6 is 15.9 Å². The lowest BCUT2D eigenvalue weighted by Crippen LogP contribution is -2.35. The van der Waals surface area contributed by atoms with Gasteiger partial charge in [0.25, 0.3) is 5.91 Å². The Labute approximate surface area is 141 Å². The number of hydrogen-bond acceptors (Lipinski definition) is 3. The summed E-state index contributed by atoms with van der Waals surface area (Å²) in [5, 5.41) is 5.05. The van der Waals surface area contributed by atoms with Gasteiger partial charge in [0.2, 0.25) is 5.91 Å². The molecule has 2 N–H and O–H groups in total. The predicted octanol–water partition coefficient (Wildman–Crippen LogP) is 2.72. The number of amides is 2. The molecule has 0 radical (unpaired) electrons. The summed E-state index contributed by atoms with van der Waals surface area (Å²) in [7, 11) is 0. The topological polar surface area (TPSA) is 67.4 Å². The maximum atomic E-state index is 13.3. The summed E-state index contributed by atoms with van der Waals surface area (Å²) >= 11 is 3.30. The highest BCUT2D eigenvalue weighted by Crippen LogP contribution is 2.20. The molecule has 0 fully saturated rings. The van der Waals surface area contributed by atoms with Gasteiger partial charge in [-0.3, -0.25) is 9.59 Å². The van der Waals surface area contributed by atoms with Crippen LogP contribution in [0.5, 0.6) is 5.75 Å². The zero-order chi connectivity index (χ0) is 16.7. The Morgan fingerprint density at radius 2 is 1.74 bits per heavy atom. The number of carbonyl (C=O) groups is 2. The van der Waals surface area contributed by atoms with Crippen LogP contribution < -0.4 is 15.4 Å². The molecule has 0 saturated carbocycles. The fourth-order valence-corrected chi connectivity index (χ4v) is 2.08. The van der Waals surface area contributed by atoms with Crippen LogP contribution in [0.3, 0.4) is 0 Å². The first-order valence-corrected chi connectivity index (χ1v) is 7.54. The molecule has 23 heavy (non-hydrogen) atoms. The lowest BCUT2D eigenvalue weighted by molar-refractivity contribution is -0.125. The van der Waals surface area contributed by atoms with E-state index in [1.54, 1.807) is 24.3 Å². The van der Waals surface area contributed by atoms with Crippen molar-refractivity contribution >= 4 is 33.4 Å². The molecule has 0 aliphatic rings. The smallest absolute Gasteiger partial charge is 0.258 e. The maximum absolute atomic E-state index is 13.3. The molecular formula is C16H14BrFN2O3. The molecule has 0 bridgehead atoms. The van der Waals surface area contributed by atoms with Gasteiger partial charge in [-0.25, -0.2) is 4.39 Å². The zero-order valence-electron chi connectivity index (χ0n) is 12.0. The summed E-state index contributed by atoms with van der Waals surface area (Å²) in [6.45, 7) is -0.579. The number of para-hydroxylation sites is 2. The molecule has 2 aromatic carbocycles. The van der Waals surface area contributed by atoms with E-state index in [-0.39, 0.29) is 24.8 Å². The summed E-state index contributed by atoms with van der Waals surface area (Å²) in [6, 6.07) is 12.9. The van der Waals surface area contributed by atoms with E-state index in [0.717, 1.165) is 4.47 Å². The van der Waals surface area contributed by atoms with Crippen LogP contribution in [-0.2, 0) is 9.59 Å². The third-order valence-electron chi connectivity index (χ3n) is 2.79. The van der Waals surface area contributed by atoms with Gasteiger partial charge >= 0.3 is 0 Å². The van der Waals surface area contributed by atoms with Gasteiger partial charge in [-0.2, -0.15) is 0 Å². The Bertz CT molecular complexity index is 709. The molecule has 2 rings (SSSR count). The lowest BCUT2D eigenvalue weighted by atomic mass is 10.3. The van der Waals surface area contributed by atoms with Crippen molar-refractivity contribution in [3.05, 3.63) is 58.8 Å². The molecule has 0 aromatic heterocycles. The zero-order valence-corrected chi connectivity index (χ0v) is 13.6. The molecule has 2 amide bonds. The Hall–Kier alpha value is -2.41. The second kappa shape index (κ2) is 8.28. The molecule has 0 unspecified atom stereocenters. The van der Waals surface area contributed by atoms with E-state index in [0.29, 0.717) is 5.69 Å². The van der Waals surface area contributed by atoms with Gasteiger partial charge in [-0.05, 0) is 40.2 Å². The highest BCUT2D eigenvalue weighted by Gasteiger charge is 2.09. The largest absolute Gasteiger partial charge is 0.481 e. The van der Waals surface area contributed by atoms with Crippen molar-refractivity contribution in [2.24, 2.45) is 0 Å². The molecule has 0 heterocycles. The molecule has 0 atom stereocenters. The van der Waals surface area contributed by atoms with E-state index in [4.69, 9.17) is 4.74 Å². The molecule has 0 spiro atoms. The van der Waals surface area contributed by atoms with Crippen molar-refractivity contribution in [1.29, 1.82) is 0 Å². The third kappa shape index (κ3) is 5.37. The number of benzene rings is 2. The molecule has 2 aromatic rings. The SMILES string of the molecule is O=C(COc1ccccc1F)NCC(=O)Nc1ccccc1Br. The minimum absolute atomic E-state index is 0.0136. The lowest BCUT2D eigenvalue weighted by Gasteiger charge is -2.09. The van der Waals surface area contributed by atoms with Gasteiger partial charge in [0.05, 0.1) is 12.2 Å². The molecule has 7 heteroatoms. The first-order valence-electron chi connectivity index (χ1n) is 6.74. The quantitative estimate of drug-likeness (QED) is 0.809. The number of rotatable bonds is 6. The summed E-state index contributed by atoms with van der Waals surface area (Å²) in [4.78, 5) is 23.4. The Kier molecular flexibility index (Phi) is 6.10. The van der Waals surface area contributed by atoms with Crippen LogP contribution in [0.2, 0.25) is 0 Å². The van der Waals surface area contributed by atoms with Gasteiger partial charge in [0.1, 0.15) is 0 Å². The standard InChI is InChI=1S/C16H14BrFN2O3/c17-11-5-1-3-7-13(11)20-15(21)9-19-16(22)10-23-14-8-4-2-6-12(14)18/h1-8H,9-10H2,(H,19,22)(H,20,21). The van der Waals surface area contributed by atoms with Gasteiger partial charge in [-0.15, -0.1) is 0 Å². The highest BCUT2D eigenvalue weighted by molar-refractivity contribution is 9.10. The average molecular weight is 381 g/mol. The Balaban J connectivity index is 1.75. The molecule has 0 aliphatic carbocycles. The van der Waals surface area contributed by atoms with Gasteiger partial charge in [0, 0.05) is 4.47 Å². The van der Waals surface area contributed by atoms with Crippen molar-refractivity contribution in [3.8, 4) is 5.75 Å². The summed E-state index contributed by atoms with van der Waals surface area (Å²) in [5.41, 5.74) is 0.606. The van der Waals surface area contributed by atoms with Crippen LogP contribution in [0.25, 0.3) is 0 Å². The fraction of sp³-hybridized carbons (Fsp3) is 0.125. The first-order chi connectivity index (χ1) is 11.1. The van der Waals surface area contributed by atoms with E-state index in [1.165, 1.54) is 18.2 Å². The van der Waals surface area contributed by atoms with E-state index >= 15 is 0 Å². The van der Waals surface area contributed by atoms with Crippen LogP contribution in [0, 0.1) is 5.82 Å². The number of carbonyl (C=O) groups excluding carboxylic acids is 2. The fourth-order valence-electron chi connectivity index (χ4n) is 1.69. The number of anilines is 1. The molecule has 120 valence electrons. The van der Waals surface area contributed by atoms with Crippen LogP contribution in [0.15, 0.2) is 53.0 Å². The van der Waals surface area contributed by atoms with Crippen LogP contribution in [-0.4, -0.2) is 25.0 Å². The van der Waals surface area contributed by atoms with E-state index < -0.39 is 11.7 Å². The third-order valence-corrected chi connectivity index (χ3v) is 3.48. The first kappa shape index (κ1) is 17.0. The van der Waals surface area contributed by atoms with E-state index in [1.807, 2.05) is 6.07 Å². The molecule has 0 saturated heterocycles. The Morgan fingerprint density at radius 3 is 2.48 bits per heavy atom. The van der Waals surface area contributed by atoms with Crippen molar-refractivity contribution < 1.29 is 18.7 Å². The summed E-state index contributed by atoms with van der Waals surface area (Å²) in [5.74, 6) is -1.46. The van der Waals surface area contributed by atoms with Crippen molar-refractivity contribution in [2.75, 3.05) is 18.5 Å². The highest BCUT2D eigenvalue weighted by atomic mass is 79.9. The maximum Gasteiger partial charge on any atom is 0.258 e. The number of ether oxygens (including phenoxy) is 1. The second-order valence-corrected chi connectivity index (χ2v) is 5.38. The monoisotopic (exact) mass is 380 g/mol. The van der Waals surface area contributed by atoms with Crippen LogP contribution in [0.4, 0.5) is 10.1 Å². The van der Waals surface area contributed by atoms with E-state index in [9.17, 15) is 14.0 Å². The average Bonchev–Trinajstić information content (AvgIpc) is 2.54. The molecular weight excluding hydrogens is 367 g/mol. The predicted molar refractivity (Wildman–Crippen MR) is 87.7 cm³/mol. The number of halogens is 2. The van der Waals surface area contributed by atoms with Crippen LogP contribution in [0.1, 0.15) is 0 Å². The second-order valence-electron chi connectivity index (χ2n) is 4.52. The summed E-state index contributed by atoms with van der Waals surface area (Å²) < 4.78 is 19.1. The Morgan fingerprint density at radius 1 is 1.04 bits per heavy atom. The van der Waals surface area contributed by atoms with Crippen molar-refractivity contribution in [2.45, 2.75) is 0 Å². The molecule has 5 nitrogen and oxygen atoms in total. The van der Waals surface area contributed by atoms with Crippen molar-refractivity contribution in [3.63, 3.8) is 0 Å². The van der Waals surface area contributed by atoms with Crippen molar-refractivity contribution in [1.82, 2.24) is 5.32 Å². The van der Waals surface area contributed by atoms with Gasteiger partial charge in [0.15, 0.2) is 18.2 Å². The van der Waals surface area contributed by atoms with Gasteiger partial charge < -0.3 is 15.4 Å². The molecule has 0 aliphatic heterocycles. The normalized spacial score (nSPS) is 10.0.